The van der Waals surface area contributed by atoms with E-state index in [-0.39, 0.29) is 13.2 Å². The van der Waals surface area contributed by atoms with Crippen molar-refractivity contribution >= 4 is 33.2 Å². The lowest BCUT2D eigenvalue weighted by molar-refractivity contribution is -0.121. The number of hydrogen-bond donors (Lipinski definition) is 1. The number of hydrogen-bond acceptors (Lipinski definition) is 4. The van der Waals surface area contributed by atoms with E-state index >= 15 is 0 Å². The van der Waals surface area contributed by atoms with Crippen LogP contribution in [0.4, 0.5) is 5.69 Å². The Bertz CT molecular complexity index is 992. The molecule has 0 aliphatic heterocycles. The molecule has 0 heterocycles. The monoisotopic (exact) mass is 452 g/mol. The van der Waals surface area contributed by atoms with Crippen LogP contribution in [0.1, 0.15) is 37.8 Å². The number of carbonyl (C=O) groups excluding carboxylic acids is 1. The van der Waals surface area contributed by atoms with Gasteiger partial charge < -0.3 is 10.1 Å². The van der Waals surface area contributed by atoms with Crippen LogP contribution in [0.25, 0.3) is 0 Å². The Balaban J connectivity index is 2.05. The van der Waals surface area contributed by atoms with Gasteiger partial charge in [-0.15, -0.1) is 0 Å². The summed E-state index contributed by atoms with van der Waals surface area (Å²) in [5.41, 5.74) is 2.18. The summed E-state index contributed by atoms with van der Waals surface area (Å²) in [7, 11) is -3.71. The Morgan fingerprint density at radius 2 is 1.83 bits per heavy atom. The maximum atomic E-state index is 12.7. The van der Waals surface area contributed by atoms with Crippen LogP contribution in [-0.2, 0) is 14.8 Å². The molecular formula is C22H29ClN2O4S. The van der Waals surface area contributed by atoms with Crippen molar-refractivity contribution in [3.05, 3.63) is 58.6 Å². The van der Waals surface area contributed by atoms with Crippen LogP contribution in [0, 0.1) is 6.92 Å². The third-order valence-electron chi connectivity index (χ3n) is 4.70. The Morgan fingerprint density at radius 1 is 1.17 bits per heavy atom. The minimum Gasteiger partial charge on any atom is -0.491 e. The number of rotatable bonds is 9. The molecule has 8 heteroatoms. The fourth-order valence-electron chi connectivity index (χ4n) is 3.17. The summed E-state index contributed by atoms with van der Waals surface area (Å²) in [6.45, 7) is 8.02. The van der Waals surface area contributed by atoms with Crippen LogP contribution in [0.15, 0.2) is 42.5 Å². The van der Waals surface area contributed by atoms with Crippen molar-refractivity contribution in [2.24, 2.45) is 0 Å². The maximum Gasteiger partial charge on any atom is 0.243 e. The fourth-order valence-corrected chi connectivity index (χ4v) is 4.56. The Labute approximate surface area is 184 Å². The molecule has 6 nitrogen and oxygen atoms in total. The summed E-state index contributed by atoms with van der Waals surface area (Å²) in [5.74, 6) is 0.683. The van der Waals surface area contributed by atoms with E-state index in [0.29, 0.717) is 22.2 Å². The van der Waals surface area contributed by atoms with Gasteiger partial charge in [0.1, 0.15) is 18.4 Å². The SMILES string of the molecule is Cc1ccc(Cl)cc1N([C@H](C)C(=O)NCCOc1ccccc1C(C)C)S(C)(=O)=O. The third-order valence-corrected chi connectivity index (χ3v) is 6.16. The number of halogens is 1. The first kappa shape index (κ1) is 24.0. The quantitative estimate of drug-likeness (QED) is 0.580. The standard InChI is InChI=1S/C22H29ClN2O4S/c1-15(2)19-8-6-7-9-21(19)29-13-12-24-22(26)17(4)25(30(5,27)28)20-14-18(23)11-10-16(20)3/h6-11,14-15,17H,12-13H2,1-5H3,(H,24,26)/t17-/m1/s1. The molecule has 0 saturated heterocycles. The van der Waals surface area contributed by atoms with Gasteiger partial charge in [0.15, 0.2) is 0 Å². The average Bonchev–Trinajstić information content (AvgIpc) is 2.67. The van der Waals surface area contributed by atoms with Crippen LogP contribution >= 0.6 is 11.6 Å². The number of nitrogens with one attached hydrogen (secondary N) is 1. The van der Waals surface area contributed by atoms with Gasteiger partial charge in [-0.2, -0.15) is 0 Å². The number of sulfonamides is 1. The lowest BCUT2D eigenvalue weighted by Gasteiger charge is -2.29. The van der Waals surface area contributed by atoms with Gasteiger partial charge in [0.2, 0.25) is 15.9 Å². The number of para-hydroxylation sites is 1. The number of anilines is 1. The number of nitrogens with zero attached hydrogens (tertiary/aromatic N) is 1. The fraction of sp³-hybridized carbons (Fsp3) is 0.409. The molecule has 2 aromatic carbocycles. The highest BCUT2D eigenvalue weighted by Crippen LogP contribution is 2.28. The van der Waals surface area contributed by atoms with Gasteiger partial charge in [0.25, 0.3) is 0 Å². The summed E-state index contributed by atoms with van der Waals surface area (Å²) < 4.78 is 31.8. The highest BCUT2D eigenvalue weighted by atomic mass is 35.5. The summed E-state index contributed by atoms with van der Waals surface area (Å²) in [4.78, 5) is 12.7. The van der Waals surface area contributed by atoms with Crippen LogP contribution < -0.4 is 14.4 Å². The first-order valence-corrected chi connectivity index (χ1v) is 12.0. The van der Waals surface area contributed by atoms with Crippen molar-refractivity contribution in [2.75, 3.05) is 23.7 Å². The zero-order chi connectivity index (χ0) is 22.5. The molecule has 0 saturated carbocycles. The van der Waals surface area contributed by atoms with Crippen molar-refractivity contribution in [1.29, 1.82) is 0 Å². The van der Waals surface area contributed by atoms with Crippen molar-refractivity contribution in [3.63, 3.8) is 0 Å². The third kappa shape index (κ3) is 6.12. The molecule has 2 rings (SSSR count). The molecule has 0 bridgehead atoms. The average molecular weight is 453 g/mol. The highest BCUT2D eigenvalue weighted by Gasteiger charge is 2.30. The molecule has 0 aliphatic rings. The summed E-state index contributed by atoms with van der Waals surface area (Å²) in [6.07, 6.45) is 1.07. The molecule has 164 valence electrons. The second-order valence-corrected chi connectivity index (χ2v) is 9.79. The van der Waals surface area contributed by atoms with E-state index in [9.17, 15) is 13.2 Å². The molecule has 0 aromatic heterocycles. The van der Waals surface area contributed by atoms with E-state index in [1.54, 1.807) is 32.0 Å². The Morgan fingerprint density at radius 3 is 2.47 bits per heavy atom. The molecule has 0 spiro atoms. The molecule has 0 aliphatic carbocycles. The van der Waals surface area contributed by atoms with E-state index in [1.807, 2.05) is 24.3 Å². The Kier molecular flexibility index (Phi) is 8.15. The lowest BCUT2D eigenvalue weighted by atomic mass is 10.0. The van der Waals surface area contributed by atoms with E-state index in [1.165, 1.54) is 0 Å². The van der Waals surface area contributed by atoms with Crippen molar-refractivity contribution in [2.45, 2.75) is 39.7 Å². The highest BCUT2D eigenvalue weighted by molar-refractivity contribution is 7.92. The number of aryl methyl sites for hydroxylation is 1. The number of benzene rings is 2. The topological polar surface area (TPSA) is 75.7 Å². The van der Waals surface area contributed by atoms with Gasteiger partial charge in [-0.05, 0) is 49.1 Å². The Hall–Kier alpha value is -2.25. The summed E-state index contributed by atoms with van der Waals surface area (Å²) in [6, 6.07) is 11.8. The lowest BCUT2D eigenvalue weighted by Crippen LogP contribution is -2.48. The molecule has 30 heavy (non-hydrogen) atoms. The molecule has 0 unspecified atom stereocenters. The van der Waals surface area contributed by atoms with Gasteiger partial charge in [0, 0.05) is 5.02 Å². The van der Waals surface area contributed by atoms with Gasteiger partial charge in [-0.3, -0.25) is 9.10 Å². The molecule has 1 atom stereocenters. The molecule has 2 aromatic rings. The minimum atomic E-state index is -3.71. The van der Waals surface area contributed by atoms with E-state index < -0.39 is 22.0 Å². The first-order chi connectivity index (χ1) is 14.0. The first-order valence-electron chi connectivity index (χ1n) is 9.77. The number of amides is 1. The van der Waals surface area contributed by atoms with Crippen molar-refractivity contribution < 1.29 is 17.9 Å². The van der Waals surface area contributed by atoms with Crippen LogP contribution in [0.5, 0.6) is 5.75 Å². The molecule has 0 radical (unpaired) electrons. The zero-order valence-corrected chi connectivity index (χ0v) is 19.5. The number of ether oxygens (including phenoxy) is 1. The molecular weight excluding hydrogens is 424 g/mol. The summed E-state index contributed by atoms with van der Waals surface area (Å²) >= 11 is 6.05. The van der Waals surface area contributed by atoms with Crippen LogP contribution in [-0.4, -0.2) is 39.8 Å². The zero-order valence-electron chi connectivity index (χ0n) is 18.0. The normalized spacial score (nSPS) is 12.5. The predicted molar refractivity (Wildman–Crippen MR) is 122 cm³/mol. The predicted octanol–water partition coefficient (Wildman–Crippen LogP) is 4.12. The van der Waals surface area contributed by atoms with E-state index in [2.05, 4.69) is 19.2 Å². The molecule has 1 amide bonds. The summed E-state index contributed by atoms with van der Waals surface area (Å²) in [5, 5.41) is 3.15. The second-order valence-electron chi connectivity index (χ2n) is 7.50. The van der Waals surface area contributed by atoms with Crippen molar-refractivity contribution in [3.8, 4) is 5.75 Å². The van der Waals surface area contributed by atoms with Gasteiger partial charge in [0.05, 0.1) is 18.5 Å². The smallest absolute Gasteiger partial charge is 0.243 e. The van der Waals surface area contributed by atoms with Crippen LogP contribution in [0.3, 0.4) is 0 Å². The second kappa shape index (κ2) is 10.2. The van der Waals surface area contributed by atoms with Gasteiger partial charge in [-0.25, -0.2) is 8.42 Å². The van der Waals surface area contributed by atoms with Crippen LogP contribution in [0.2, 0.25) is 5.02 Å². The van der Waals surface area contributed by atoms with E-state index in [4.69, 9.17) is 16.3 Å². The molecule has 1 N–H and O–H groups in total. The van der Waals surface area contributed by atoms with Crippen molar-refractivity contribution in [1.82, 2.24) is 5.32 Å². The maximum absolute atomic E-state index is 12.7. The van der Waals surface area contributed by atoms with Gasteiger partial charge in [-0.1, -0.05) is 49.7 Å². The largest absolute Gasteiger partial charge is 0.491 e. The minimum absolute atomic E-state index is 0.252. The van der Waals surface area contributed by atoms with Gasteiger partial charge >= 0.3 is 0 Å². The number of carbonyl (C=O) groups is 1. The van der Waals surface area contributed by atoms with E-state index in [0.717, 1.165) is 21.9 Å². The molecule has 0 fully saturated rings.